The molecule has 0 N–H and O–H groups in total. The van der Waals surface area contributed by atoms with Crippen molar-refractivity contribution in [1.82, 2.24) is 0 Å². The van der Waals surface area contributed by atoms with Gasteiger partial charge in [0.25, 0.3) is 0 Å². The van der Waals surface area contributed by atoms with E-state index in [-0.39, 0.29) is 24.8 Å². The molecule has 43 heavy (non-hydrogen) atoms. The molecule has 2 unspecified atom stereocenters. The number of benzene rings is 2. The van der Waals surface area contributed by atoms with Gasteiger partial charge in [-0.15, -0.1) is 0 Å². The van der Waals surface area contributed by atoms with Gasteiger partial charge in [0.2, 0.25) is 0 Å². The second-order valence-corrected chi connectivity index (χ2v) is 34.8. The van der Waals surface area contributed by atoms with Gasteiger partial charge in [0.05, 0.1) is 0 Å². The zero-order chi connectivity index (χ0) is 28.2. The minimum atomic E-state index is -2.87. The summed E-state index contributed by atoms with van der Waals surface area (Å²) in [4.78, 5) is 0. The number of halogens is 2. The quantitative estimate of drug-likeness (QED) is 0.344. The van der Waals surface area contributed by atoms with Gasteiger partial charge in [0.1, 0.15) is 0 Å². The molecule has 1 heterocycles. The Hall–Kier alpha value is -0.583. The molecular formula is C36H50Cl2O2Si2Zr. The second-order valence-electron chi connectivity index (χ2n) is 15.0. The summed E-state index contributed by atoms with van der Waals surface area (Å²) < 4.78 is 18.8. The Labute approximate surface area is 280 Å². The van der Waals surface area contributed by atoms with E-state index >= 15 is 0 Å². The molecule has 1 aliphatic heterocycles. The molecule has 7 rings (SSSR count). The van der Waals surface area contributed by atoms with Crippen LogP contribution in [0.15, 0.2) is 60.0 Å². The first-order chi connectivity index (χ1) is 19.8. The number of fused-ring (bicyclic) bond motifs is 2. The molecule has 0 spiro atoms. The van der Waals surface area contributed by atoms with Gasteiger partial charge in [-0.2, -0.15) is 0 Å². The summed E-state index contributed by atoms with van der Waals surface area (Å²) in [7, 11) is -3.72. The van der Waals surface area contributed by atoms with Crippen LogP contribution >= 0.6 is 0 Å². The Morgan fingerprint density at radius 1 is 0.558 bits per heavy atom. The summed E-state index contributed by atoms with van der Waals surface area (Å²) in [6.45, 7) is 10.1. The van der Waals surface area contributed by atoms with E-state index in [1.54, 1.807) is 11.1 Å². The Bertz CT molecular complexity index is 1260. The van der Waals surface area contributed by atoms with Crippen molar-refractivity contribution in [2.75, 3.05) is 0 Å². The SMILES string of the molecule is C[Si](C)(OC1=Cc2ccccc2[CH]1[Zr+2]1([CH]2C(O[Si](C)(C)C3CCCCC3)=Cc3ccccc32)[CH2][CH2]1)C1CCCCC1.[Cl-].[Cl-]. The normalized spacial score (nSPS) is 24.2. The van der Waals surface area contributed by atoms with Crippen LogP contribution in [0.2, 0.25) is 45.5 Å². The zero-order valence-electron chi connectivity index (χ0n) is 26.6. The molecule has 5 aliphatic rings. The number of hydrogen-bond donors (Lipinski definition) is 0. The summed E-state index contributed by atoms with van der Waals surface area (Å²) in [5, 5.41) is 0. The van der Waals surface area contributed by atoms with E-state index in [0.29, 0.717) is 7.25 Å². The molecule has 7 heteroatoms. The molecule has 2 nitrogen and oxygen atoms in total. The summed E-state index contributed by atoms with van der Waals surface area (Å²) >= 11 is -2.87. The van der Waals surface area contributed by atoms with Crippen molar-refractivity contribution in [2.45, 2.75) is 117 Å². The van der Waals surface area contributed by atoms with Gasteiger partial charge in [-0.25, -0.2) is 0 Å². The molecule has 0 aromatic heterocycles. The number of allylic oxidation sites excluding steroid dienone is 2. The van der Waals surface area contributed by atoms with E-state index in [1.807, 2.05) is 0 Å². The van der Waals surface area contributed by atoms with Crippen LogP contribution in [0.5, 0.6) is 0 Å². The van der Waals surface area contributed by atoms with Crippen molar-refractivity contribution in [2.24, 2.45) is 0 Å². The van der Waals surface area contributed by atoms with E-state index in [2.05, 4.69) is 86.9 Å². The first-order valence-corrected chi connectivity index (χ1v) is 29.1. The van der Waals surface area contributed by atoms with Crippen LogP contribution in [0.4, 0.5) is 0 Å². The van der Waals surface area contributed by atoms with Gasteiger partial charge in [0, 0.05) is 0 Å². The maximum Gasteiger partial charge on any atom is -1.00 e. The average Bonchev–Trinajstić information content (AvgIpc) is 3.54. The average molecular weight is 733 g/mol. The van der Waals surface area contributed by atoms with Gasteiger partial charge in [0.15, 0.2) is 0 Å². The van der Waals surface area contributed by atoms with E-state index < -0.39 is 36.9 Å². The number of hydrogen-bond acceptors (Lipinski definition) is 2. The molecule has 4 aliphatic carbocycles. The Kier molecular flexibility index (Phi) is 10.4. The van der Waals surface area contributed by atoms with Crippen molar-refractivity contribution >= 4 is 28.8 Å². The third-order valence-corrected chi connectivity index (χ3v) is 31.0. The van der Waals surface area contributed by atoms with Crippen LogP contribution in [-0.2, 0) is 29.1 Å². The molecule has 232 valence electrons. The van der Waals surface area contributed by atoms with Crippen LogP contribution in [0.1, 0.15) is 93.7 Å². The van der Waals surface area contributed by atoms with Gasteiger partial charge < -0.3 is 24.8 Å². The third-order valence-electron chi connectivity index (χ3n) is 11.7. The van der Waals surface area contributed by atoms with E-state index in [9.17, 15) is 0 Å². The fraction of sp³-hybridized carbons (Fsp3) is 0.556. The summed E-state index contributed by atoms with van der Waals surface area (Å²) in [5.41, 5.74) is 7.60. The summed E-state index contributed by atoms with van der Waals surface area (Å²) in [6, 6.07) is 18.6. The molecule has 2 aromatic carbocycles. The van der Waals surface area contributed by atoms with Gasteiger partial charge in [-0.3, -0.25) is 0 Å². The van der Waals surface area contributed by atoms with E-state index in [0.717, 1.165) is 11.1 Å². The van der Waals surface area contributed by atoms with Gasteiger partial charge >= 0.3 is 257 Å². The third kappa shape index (κ3) is 6.38. The Morgan fingerprint density at radius 3 is 1.30 bits per heavy atom. The zero-order valence-corrected chi connectivity index (χ0v) is 32.6. The summed E-state index contributed by atoms with van der Waals surface area (Å²) in [6.07, 6.45) is 18.8. The molecule has 1 saturated heterocycles. The first-order valence-electron chi connectivity index (χ1n) is 16.8. The largest absolute Gasteiger partial charge is 1.00 e. The molecule has 2 saturated carbocycles. The van der Waals surface area contributed by atoms with Crippen LogP contribution in [0, 0.1) is 0 Å². The predicted octanol–water partition coefficient (Wildman–Crippen LogP) is 5.30. The van der Waals surface area contributed by atoms with Crippen LogP contribution in [0.25, 0.3) is 12.2 Å². The topological polar surface area (TPSA) is 18.5 Å². The molecule has 0 bridgehead atoms. The Balaban J connectivity index is 0.00000184. The maximum absolute atomic E-state index is 7.44. The fourth-order valence-electron chi connectivity index (χ4n) is 9.21. The van der Waals surface area contributed by atoms with Crippen molar-refractivity contribution in [3.05, 3.63) is 82.3 Å². The molecule has 0 radical (unpaired) electrons. The predicted molar refractivity (Wildman–Crippen MR) is 175 cm³/mol. The van der Waals surface area contributed by atoms with E-state index in [4.69, 9.17) is 8.85 Å². The first kappa shape index (κ1) is 33.8. The van der Waals surface area contributed by atoms with Crippen molar-refractivity contribution in [3.8, 4) is 0 Å². The smallest absolute Gasteiger partial charge is 1.00 e. The Morgan fingerprint density at radius 2 is 0.930 bits per heavy atom. The van der Waals surface area contributed by atoms with Crippen LogP contribution < -0.4 is 24.8 Å². The minimum Gasteiger partial charge on any atom is -1.00 e. The summed E-state index contributed by atoms with van der Waals surface area (Å²) in [5.74, 6) is 2.74. The second kappa shape index (κ2) is 13.3. The van der Waals surface area contributed by atoms with Crippen LogP contribution in [-0.4, -0.2) is 16.6 Å². The van der Waals surface area contributed by atoms with Crippen molar-refractivity contribution in [3.63, 3.8) is 0 Å². The molecule has 2 aromatic rings. The molecule has 3 fully saturated rings. The van der Waals surface area contributed by atoms with Crippen molar-refractivity contribution < 1.29 is 53.9 Å². The van der Waals surface area contributed by atoms with E-state index in [1.165, 1.54) is 95.1 Å². The van der Waals surface area contributed by atoms with Crippen LogP contribution in [0.3, 0.4) is 0 Å². The van der Waals surface area contributed by atoms with Crippen molar-refractivity contribution in [1.29, 1.82) is 0 Å². The van der Waals surface area contributed by atoms with Gasteiger partial charge in [-0.1, -0.05) is 0 Å². The standard InChI is InChI=1S/2C17H23OSi.C2H4.2ClH.Zr/c2*1-19(2,17-10-4-3-5-11-17)18-16-12-14-8-6-7-9-15(14)13-16;1-2;;;/h2*6-9,12-13,17H,3-5,10-11H2,1-2H3;1-2H2;2*1H;/q;;;;;+2/p-2. The number of rotatable bonds is 8. The molecule has 0 amide bonds. The van der Waals surface area contributed by atoms with Gasteiger partial charge in [-0.05, 0) is 0 Å². The molecule has 2 atom stereocenters. The fourth-order valence-corrected chi connectivity index (χ4v) is 31.7. The maximum atomic E-state index is 7.44. The minimum absolute atomic E-state index is 0. The monoisotopic (exact) mass is 730 g/mol. The molecular weight excluding hydrogens is 683 g/mol.